The second kappa shape index (κ2) is 10.6. The van der Waals surface area contributed by atoms with Crippen LogP contribution in [0.4, 0.5) is 4.39 Å². The van der Waals surface area contributed by atoms with Crippen molar-refractivity contribution in [2.75, 3.05) is 6.54 Å². The molecule has 0 radical (unpaired) electrons. The molecule has 0 unspecified atom stereocenters. The van der Waals surface area contributed by atoms with Crippen molar-refractivity contribution in [3.63, 3.8) is 0 Å². The van der Waals surface area contributed by atoms with Crippen LogP contribution in [0.25, 0.3) is 16.5 Å². The molecule has 3 aromatic rings. The van der Waals surface area contributed by atoms with Crippen molar-refractivity contribution < 1.29 is 4.39 Å². The van der Waals surface area contributed by atoms with Crippen LogP contribution in [0.1, 0.15) is 47.4 Å². The number of halogens is 1. The smallest absolute Gasteiger partial charge is 0.131 e. The van der Waals surface area contributed by atoms with Crippen LogP contribution < -0.4 is 11.1 Å². The molecule has 34 heavy (non-hydrogen) atoms. The number of benzene rings is 2. The fraction of sp³-hybridized carbons (Fsp3) is 0.276. The quantitative estimate of drug-likeness (QED) is 0.203. The molecule has 0 amide bonds. The molecule has 0 saturated heterocycles. The number of hydrogen-bond acceptors (Lipinski definition) is 2. The van der Waals surface area contributed by atoms with Crippen LogP contribution in [-0.2, 0) is 6.42 Å². The molecule has 5 heteroatoms. The Balaban J connectivity index is 1.80. The summed E-state index contributed by atoms with van der Waals surface area (Å²) in [5.74, 6) is 0.489. The van der Waals surface area contributed by atoms with Gasteiger partial charge in [0, 0.05) is 23.1 Å². The number of allylic oxidation sites excluding steroid dienone is 4. The monoisotopic (exact) mass is 458 g/mol. The molecule has 1 aromatic heterocycles. The van der Waals surface area contributed by atoms with Gasteiger partial charge in [-0.3, -0.25) is 0 Å². The van der Waals surface area contributed by atoms with Crippen LogP contribution in [0.15, 0.2) is 64.9 Å². The number of aryl methyl sites for hydroxylation is 4. The molecular formula is C29H35FN4. The van der Waals surface area contributed by atoms with Gasteiger partial charge in [-0.2, -0.15) is 0 Å². The zero-order valence-electron chi connectivity index (χ0n) is 21.1. The van der Waals surface area contributed by atoms with Gasteiger partial charge in [0.05, 0.1) is 6.34 Å². The number of nitrogens with two attached hydrogens (primary N) is 1. The predicted molar refractivity (Wildman–Crippen MR) is 144 cm³/mol. The van der Waals surface area contributed by atoms with E-state index in [0.717, 1.165) is 28.7 Å². The summed E-state index contributed by atoms with van der Waals surface area (Å²) in [5.41, 5.74) is 16.2. The van der Waals surface area contributed by atoms with E-state index < -0.39 is 0 Å². The van der Waals surface area contributed by atoms with Crippen molar-refractivity contribution in [1.82, 2.24) is 10.3 Å². The number of fused-ring (bicyclic) bond motifs is 1. The highest BCUT2D eigenvalue weighted by molar-refractivity contribution is 5.90. The molecule has 0 bridgehead atoms. The molecule has 3 rings (SSSR count). The van der Waals surface area contributed by atoms with Crippen LogP contribution in [0.3, 0.4) is 0 Å². The lowest BCUT2D eigenvalue weighted by Crippen LogP contribution is -2.18. The van der Waals surface area contributed by atoms with Gasteiger partial charge in [0.15, 0.2) is 0 Å². The SMILES string of the molecule is C=C(/C=C(\C)c1ccc(F)c(C)c1)/C(C)=C(\N=C/N)NCCc1c(C)[nH]c2c(C)ccc(C)c12. The largest absolute Gasteiger partial charge is 0.390 e. The standard InChI is InChI=1S/C29H35FN4/c1-17-8-9-18(2)28-27(17)25(23(7)34-28)12-13-32-29(33-16-31)22(6)19(3)14-20(4)24-10-11-26(30)21(5)15-24/h8-11,14-16,32,34H,3,12-13H2,1-2,4-7H3,(H2,31,33)/b20-14+,29-22-. The molecule has 4 nitrogen and oxygen atoms in total. The molecule has 2 aromatic carbocycles. The highest BCUT2D eigenvalue weighted by Crippen LogP contribution is 2.28. The third-order valence-electron chi connectivity index (χ3n) is 6.40. The molecular weight excluding hydrogens is 423 g/mol. The molecule has 1 heterocycles. The zero-order valence-corrected chi connectivity index (χ0v) is 21.1. The molecule has 0 aliphatic heterocycles. The second-order valence-corrected chi connectivity index (χ2v) is 8.92. The molecule has 178 valence electrons. The lowest BCUT2D eigenvalue weighted by molar-refractivity contribution is 0.618. The molecule has 0 aliphatic rings. The number of aromatic nitrogens is 1. The number of rotatable bonds is 8. The summed E-state index contributed by atoms with van der Waals surface area (Å²) < 4.78 is 13.6. The molecule has 0 spiro atoms. The minimum atomic E-state index is -0.203. The van der Waals surface area contributed by atoms with Crippen molar-refractivity contribution in [3.05, 3.63) is 99.3 Å². The van der Waals surface area contributed by atoms with Crippen LogP contribution in [-0.4, -0.2) is 17.9 Å². The third-order valence-corrected chi connectivity index (χ3v) is 6.40. The van der Waals surface area contributed by atoms with Crippen molar-refractivity contribution in [2.45, 2.75) is 48.0 Å². The van der Waals surface area contributed by atoms with E-state index in [0.29, 0.717) is 17.9 Å². The average molecular weight is 459 g/mol. The number of aromatic amines is 1. The Hall–Kier alpha value is -3.60. The van der Waals surface area contributed by atoms with E-state index in [2.05, 4.69) is 54.8 Å². The van der Waals surface area contributed by atoms with Crippen LogP contribution in [0.2, 0.25) is 0 Å². The molecule has 4 N–H and O–H groups in total. The maximum atomic E-state index is 13.6. The fourth-order valence-electron chi connectivity index (χ4n) is 4.27. The van der Waals surface area contributed by atoms with Gasteiger partial charge in [0.1, 0.15) is 11.6 Å². The lowest BCUT2D eigenvalue weighted by atomic mass is 10.00. The van der Waals surface area contributed by atoms with Gasteiger partial charge in [0.2, 0.25) is 0 Å². The first kappa shape index (κ1) is 25.0. The van der Waals surface area contributed by atoms with Gasteiger partial charge in [-0.1, -0.05) is 30.9 Å². The Labute approximate surface area is 202 Å². The number of nitrogens with zero attached hydrogens (tertiary/aromatic N) is 1. The Kier molecular flexibility index (Phi) is 7.77. The van der Waals surface area contributed by atoms with Crippen LogP contribution in [0, 0.1) is 33.5 Å². The van der Waals surface area contributed by atoms with E-state index in [4.69, 9.17) is 5.73 Å². The summed E-state index contributed by atoms with van der Waals surface area (Å²) >= 11 is 0. The van der Waals surface area contributed by atoms with Crippen molar-refractivity contribution in [1.29, 1.82) is 0 Å². The van der Waals surface area contributed by atoms with E-state index in [1.165, 1.54) is 45.7 Å². The Morgan fingerprint density at radius 3 is 2.47 bits per heavy atom. The summed E-state index contributed by atoms with van der Waals surface area (Å²) in [4.78, 5) is 7.91. The van der Waals surface area contributed by atoms with E-state index in [9.17, 15) is 4.39 Å². The first-order chi connectivity index (χ1) is 16.1. The Bertz CT molecular complexity index is 1320. The first-order valence-corrected chi connectivity index (χ1v) is 11.5. The first-order valence-electron chi connectivity index (χ1n) is 11.5. The second-order valence-electron chi connectivity index (χ2n) is 8.92. The fourth-order valence-corrected chi connectivity index (χ4v) is 4.27. The Morgan fingerprint density at radius 1 is 1.09 bits per heavy atom. The number of H-pyrrole nitrogens is 1. The zero-order chi connectivity index (χ0) is 25.0. The maximum absolute atomic E-state index is 13.6. The summed E-state index contributed by atoms with van der Waals surface area (Å²) in [7, 11) is 0. The Morgan fingerprint density at radius 2 is 1.79 bits per heavy atom. The summed E-state index contributed by atoms with van der Waals surface area (Å²) in [6, 6.07) is 9.46. The molecule has 0 aliphatic carbocycles. The summed E-state index contributed by atoms with van der Waals surface area (Å²) in [6.07, 6.45) is 4.14. The van der Waals surface area contributed by atoms with Gasteiger partial charge in [-0.15, -0.1) is 0 Å². The van der Waals surface area contributed by atoms with Gasteiger partial charge >= 0.3 is 0 Å². The van der Waals surface area contributed by atoms with Gasteiger partial charge in [0.25, 0.3) is 0 Å². The minimum absolute atomic E-state index is 0.203. The average Bonchev–Trinajstić information content (AvgIpc) is 3.14. The summed E-state index contributed by atoms with van der Waals surface area (Å²) in [5, 5.41) is 4.75. The maximum Gasteiger partial charge on any atom is 0.131 e. The topological polar surface area (TPSA) is 66.2 Å². The minimum Gasteiger partial charge on any atom is -0.390 e. The van der Waals surface area contributed by atoms with Crippen molar-refractivity contribution in [2.24, 2.45) is 10.7 Å². The number of hydrogen-bond donors (Lipinski definition) is 3. The van der Waals surface area contributed by atoms with Crippen LogP contribution in [0.5, 0.6) is 0 Å². The molecule has 0 atom stereocenters. The highest BCUT2D eigenvalue weighted by atomic mass is 19.1. The van der Waals surface area contributed by atoms with E-state index in [1.807, 2.05) is 26.0 Å². The van der Waals surface area contributed by atoms with E-state index >= 15 is 0 Å². The van der Waals surface area contributed by atoms with Crippen molar-refractivity contribution >= 4 is 22.8 Å². The normalized spacial score (nSPS) is 13.0. The molecule has 0 saturated carbocycles. The van der Waals surface area contributed by atoms with Gasteiger partial charge in [-0.05, 0) is 105 Å². The number of aliphatic imine (C=N–C) groups is 1. The van der Waals surface area contributed by atoms with Gasteiger partial charge < -0.3 is 16.0 Å². The van der Waals surface area contributed by atoms with Crippen LogP contribution >= 0.6 is 0 Å². The predicted octanol–water partition coefficient (Wildman–Crippen LogP) is 6.55. The van der Waals surface area contributed by atoms with E-state index in [1.54, 1.807) is 13.0 Å². The number of nitrogens with one attached hydrogen (secondary N) is 2. The summed E-state index contributed by atoms with van der Waals surface area (Å²) in [6.45, 7) is 17.1. The van der Waals surface area contributed by atoms with Crippen molar-refractivity contribution in [3.8, 4) is 0 Å². The van der Waals surface area contributed by atoms with E-state index in [-0.39, 0.29) is 5.82 Å². The highest BCUT2D eigenvalue weighted by Gasteiger charge is 2.13. The van der Waals surface area contributed by atoms with Gasteiger partial charge in [-0.25, -0.2) is 9.38 Å². The third kappa shape index (κ3) is 5.30. The molecule has 0 fully saturated rings. The lowest BCUT2D eigenvalue weighted by Gasteiger charge is -2.13.